The highest BCUT2D eigenvalue weighted by Crippen LogP contribution is 2.39. The van der Waals surface area contributed by atoms with Crippen LogP contribution in [0.5, 0.6) is 0 Å². The van der Waals surface area contributed by atoms with Crippen molar-refractivity contribution in [2.45, 2.75) is 39.7 Å². The molecule has 0 spiro atoms. The van der Waals surface area contributed by atoms with Crippen LogP contribution < -0.4 is 16.0 Å². The van der Waals surface area contributed by atoms with Crippen LogP contribution in [0.3, 0.4) is 0 Å². The number of benzene rings is 1. The third-order valence-corrected chi connectivity index (χ3v) is 6.92. The van der Waals surface area contributed by atoms with Crippen LogP contribution in [0.4, 0.5) is 11.4 Å². The zero-order valence-corrected chi connectivity index (χ0v) is 19.5. The number of amides is 1. The lowest BCUT2D eigenvalue weighted by molar-refractivity contribution is 0.101. The van der Waals surface area contributed by atoms with E-state index in [-0.39, 0.29) is 17.7 Å². The lowest BCUT2D eigenvalue weighted by Crippen LogP contribution is -2.40. The van der Waals surface area contributed by atoms with Gasteiger partial charge in [-0.25, -0.2) is 0 Å². The molecule has 1 amide bonds. The van der Waals surface area contributed by atoms with Gasteiger partial charge in [0, 0.05) is 30.9 Å². The molecule has 0 atom stereocenters. The molecular weight excluding hydrogens is 420 g/mol. The first-order valence-electron chi connectivity index (χ1n) is 10.8. The van der Waals surface area contributed by atoms with Crippen molar-refractivity contribution in [3.05, 3.63) is 63.6 Å². The van der Waals surface area contributed by atoms with Gasteiger partial charge >= 0.3 is 0 Å². The fourth-order valence-electron chi connectivity index (χ4n) is 4.18. The molecule has 6 nitrogen and oxygen atoms in total. The van der Waals surface area contributed by atoms with Crippen molar-refractivity contribution < 1.29 is 9.59 Å². The molecule has 32 heavy (non-hydrogen) atoms. The molecule has 1 aromatic carbocycles. The van der Waals surface area contributed by atoms with E-state index in [1.165, 1.54) is 29.4 Å². The summed E-state index contributed by atoms with van der Waals surface area (Å²) in [7, 11) is 0. The molecule has 3 N–H and O–H groups in total. The van der Waals surface area contributed by atoms with Crippen molar-refractivity contribution in [1.82, 2.24) is 4.98 Å². The summed E-state index contributed by atoms with van der Waals surface area (Å²) in [5, 5.41) is 3.05. The standard InChI is InChI=1S/C25H28N4O2S/c1-15-10-16(2)12-18(11-15)20-13-27-14-21(24(20)29-8-6-19(26)7-9-29)28-25(31)23-5-4-22(32-23)17(3)30/h4-5,10-14,19H,6-9,26H2,1-3H3,(H,28,31). The average molecular weight is 449 g/mol. The fourth-order valence-corrected chi connectivity index (χ4v) is 4.98. The summed E-state index contributed by atoms with van der Waals surface area (Å²) in [5.41, 5.74) is 12.2. The van der Waals surface area contributed by atoms with Crippen LogP contribution in [-0.2, 0) is 0 Å². The summed E-state index contributed by atoms with van der Waals surface area (Å²) in [6.45, 7) is 7.31. The molecule has 2 aromatic heterocycles. The Morgan fingerprint density at radius 2 is 1.72 bits per heavy atom. The molecule has 0 saturated carbocycles. The minimum atomic E-state index is -0.239. The Balaban J connectivity index is 1.75. The Morgan fingerprint density at radius 3 is 2.34 bits per heavy atom. The molecule has 3 aromatic rings. The van der Waals surface area contributed by atoms with Gasteiger partial charge in [0.1, 0.15) is 0 Å². The molecule has 1 saturated heterocycles. The van der Waals surface area contributed by atoms with Crippen molar-refractivity contribution in [2.75, 3.05) is 23.3 Å². The second-order valence-corrected chi connectivity index (χ2v) is 9.54. The normalized spacial score (nSPS) is 14.4. The Labute approximate surface area is 192 Å². The zero-order valence-electron chi connectivity index (χ0n) is 18.6. The minimum Gasteiger partial charge on any atom is -0.369 e. The molecule has 1 fully saturated rings. The molecule has 1 aliphatic heterocycles. The number of ketones is 1. The number of piperidine rings is 1. The van der Waals surface area contributed by atoms with Crippen molar-refractivity contribution in [3.8, 4) is 11.1 Å². The summed E-state index contributed by atoms with van der Waals surface area (Å²) in [6.07, 6.45) is 5.37. The van der Waals surface area contributed by atoms with Crippen LogP contribution in [-0.4, -0.2) is 35.8 Å². The molecular formula is C25H28N4O2S. The van der Waals surface area contributed by atoms with Gasteiger partial charge in [-0.15, -0.1) is 11.3 Å². The molecule has 4 rings (SSSR count). The van der Waals surface area contributed by atoms with Gasteiger partial charge in [0.25, 0.3) is 5.91 Å². The lowest BCUT2D eigenvalue weighted by atomic mass is 9.98. The number of carbonyl (C=O) groups excluding carboxylic acids is 2. The summed E-state index contributed by atoms with van der Waals surface area (Å²) in [6, 6.07) is 10.0. The monoisotopic (exact) mass is 448 g/mol. The number of nitrogens with one attached hydrogen (secondary N) is 1. The number of anilines is 2. The molecule has 3 heterocycles. The van der Waals surface area contributed by atoms with E-state index in [0.717, 1.165) is 42.7 Å². The van der Waals surface area contributed by atoms with Gasteiger partial charge in [0.15, 0.2) is 5.78 Å². The van der Waals surface area contributed by atoms with E-state index in [0.29, 0.717) is 15.4 Å². The third kappa shape index (κ3) is 4.74. The molecule has 0 aliphatic carbocycles. The number of nitrogens with zero attached hydrogens (tertiary/aromatic N) is 2. The number of nitrogens with two attached hydrogens (primary N) is 1. The SMILES string of the molecule is CC(=O)c1ccc(C(=O)Nc2cncc(-c3cc(C)cc(C)c3)c2N2CCC(N)CC2)s1. The highest BCUT2D eigenvalue weighted by Gasteiger charge is 2.24. The average Bonchev–Trinajstić information content (AvgIpc) is 3.25. The number of pyridine rings is 1. The first-order chi connectivity index (χ1) is 15.3. The van der Waals surface area contributed by atoms with E-state index in [4.69, 9.17) is 5.73 Å². The van der Waals surface area contributed by atoms with E-state index >= 15 is 0 Å². The van der Waals surface area contributed by atoms with Crippen LogP contribution in [0, 0.1) is 13.8 Å². The predicted octanol–water partition coefficient (Wildman–Crippen LogP) is 4.81. The van der Waals surface area contributed by atoms with Gasteiger partial charge < -0.3 is 16.0 Å². The summed E-state index contributed by atoms with van der Waals surface area (Å²) in [4.78, 5) is 32.5. The van der Waals surface area contributed by atoms with Crippen LogP contribution >= 0.6 is 11.3 Å². The van der Waals surface area contributed by atoms with Gasteiger partial charge in [0.2, 0.25) is 0 Å². The van der Waals surface area contributed by atoms with Gasteiger partial charge in [0.05, 0.1) is 27.3 Å². The fraction of sp³-hybridized carbons (Fsp3) is 0.320. The van der Waals surface area contributed by atoms with Crippen molar-refractivity contribution in [1.29, 1.82) is 0 Å². The summed E-state index contributed by atoms with van der Waals surface area (Å²) >= 11 is 1.20. The van der Waals surface area contributed by atoms with Crippen LogP contribution in [0.25, 0.3) is 11.1 Å². The molecule has 0 radical (unpaired) electrons. The van der Waals surface area contributed by atoms with E-state index in [1.54, 1.807) is 18.3 Å². The first kappa shape index (κ1) is 22.2. The van der Waals surface area contributed by atoms with E-state index in [2.05, 4.69) is 47.2 Å². The number of Topliss-reactive ketones (excluding diaryl/α,β-unsaturated/α-hetero) is 1. The Hall–Kier alpha value is -3.03. The zero-order chi connectivity index (χ0) is 22.8. The van der Waals surface area contributed by atoms with Crippen molar-refractivity contribution in [2.24, 2.45) is 5.73 Å². The quantitative estimate of drug-likeness (QED) is 0.547. The number of aryl methyl sites for hydroxylation is 2. The third-order valence-electron chi connectivity index (χ3n) is 5.73. The Bertz CT molecular complexity index is 1140. The van der Waals surface area contributed by atoms with Crippen LogP contribution in [0.1, 0.15) is 50.2 Å². The van der Waals surface area contributed by atoms with Gasteiger partial charge in [-0.05, 0) is 51.3 Å². The highest BCUT2D eigenvalue weighted by molar-refractivity contribution is 7.16. The number of hydrogen-bond acceptors (Lipinski definition) is 6. The van der Waals surface area contributed by atoms with E-state index in [9.17, 15) is 9.59 Å². The highest BCUT2D eigenvalue weighted by atomic mass is 32.1. The Kier molecular flexibility index (Phi) is 6.39. The van der Waals surface area contributed by atoms with Crippen molar-refractivity contribution in [3.63, 3.8) is 0 Å². The van der Waals surface area contributed by atoms with Crippen LogP contribution in [0.2, 0.25) is 0 Å². The topological polar surface area (TPSA) is 88.3 Å². The molecule has 166 valence electrons. The second kappa shape index (κ2) is 9.22. The smallest absolute Gasteiger partial charge is 0.265 e. The molecule has 1 aliphatic rings. The first-order valence-corrected chi connectivity index (χ1v) is 11.6. The maximum absolute atomic E-state index is 13.0. The minimum absolute atomic E-state index is 0.0436. The van der Waals surface area contributed by atoms with Gasteiger partial charge in [-0.1, -0.05) is 29.3 Å². The van der Waals surface area contributed by atoms with E-state index in [1.807, 2.05) is 6.20 Å². The predicted molar refractivity (Wildman–Crippen MR) is 131 cm³/mol. The molecule has 7 heteroatoms. The largest absolute Gasteiger partial charge is 0.369 e. The van der Waals surface area contributed by atoms with Gasteiger partial charge in [-0.2, -0.15) is 0 Å². The van der Waals surface area contributed by atoms with E-state index < -0.39 is 0 Å². The number of carbonyl (C=O) groups is 2. The second-order valence-electron chi connectivity index (χ2n) is 8.46. The number of rotatable bonds is 5. The maximum atomic E-state index is 13.0. The number of thiophene rings is 1. The van der Waals surface area contributed by atoms with Crippen LogP contribution in [0.15, 0.2) is 42.7 Å². The lowest BCUT2D eigenvalue weighted by Gasteiger charge is -2.34. The van der Waals surface area contributed by atoms with Gasteiger partial charge in [-0.3, -0.25) is 14.6 Å². The maximum Gasteiger partial charge on any atom is 0.265 e. The molecule has 0 unspecified atom stereocenters. The summed E-state index contributed by atoms with van der Waals surface area (Å²) in [5.74, 6) is -0.283. The molecule has 0 bridgehead atoms. The van der Waals surface area contributed by atoms with Crippen molar-refractivity contribution >= 4 is 34.4 Å². The number of hydrogen-bond donors (Lipinski definition) is 2. The Morgan fingerprint density at radius 1 is 1.06 bits per heavy atom. The summed E-state index contributed by atoms with van der Waals surface area (Å²) < 4.78 is 0. The number of aromatic nitrogens is 1.